The van der Waals surface area contributed by atoms with E-state index >= 15 is 0 Å². The van der Waals surface area contributed by atoms with Crippen molar-refractivity contribution < 1.29 is 4.79 Å². The summed E-state index contributed by atoms with van der Waals surface area (Å²) in [4.78, 5) is 23.1. The fourth-order valence-electron chi connectivity index (χ4n) is 3.95. The van der Waals surface area contributed by atoms with Crippen molar-refractivity contribution in [3.8, 4) is 5.69 Å². The first-order valence-corrected chi connectivity index (χ1v) is 12.2. The predicted molar refractivity (Wildman–Crippen MR) is 126 cm³/mol. The van der Waals surface area contributed by atoms with E-state index < -0.39 is 0 Å². The number of nitrogens with two attached hydrogens (primary N) is 1. The number of anilines is 2. The Balaban J connectivity index is 1.38. The molecule has 1 aliphatic carbocycles. The van der Waals surface area contributed by atoms with E-state index in [2.05, 4.69) is 25.8 Å². The molecule has 0 bridgehead atoms. The van der Waals surface area contributed by atoms with E-state index in [-0.39, 0.29) is 5.91 Å². The molecular weight excluding hydrogens is 444 g/mol. The molecule has 32 heavy (non-hydrogen) atoms. The summed E-state index contributed by atoms with van der Waals surface area (Å²) in [5.74, 6) is 1.59. The number of nitrogens with one attached hydrogen (secondary N) is 1. The highest BCUT2D eigenvalue weighted by atomic mass is 32.2. The third-order valence-corrected chi connectivity index (χ3v) is 7.42. The second-order valence-electron chi connectivity index (χ2n) is 7.66. The van der Waals surface area contributed by atoms with Gasteiger partial charge in [-0.2, -0.15) is 4.68 Å². The zero-order chi connectivity index (χ0) is 22.1. The number of aromatic nitrogens is 6. The lowest BCUT2D eigenvalue weighted by Gasteiger charge is -2.07. The van der Waals surface area contributed by atoms with Gasteiger partial charge in [0.2, 0.25) is 11.1 Å². The summed E-state index contributed by atoms with van der Waals surface area (Å²) in [6.07, 6.45) is 5.85. The van der Waals surface area contributed by atoms with Gasteiger partial charge in [-0.15, -0.1) is 16.4 Å². The van der Waals surface area contributed by atoms with Crippen molar-refractivity contribution in [2.75, 3.05) is 11.1 Å². The Hall–Kier alpha value is -3.05. The second-order valence-corrected chi connectivity index (χ2v) is 9.69. The molecule has 164 valence electrons. The van der Waals surface area contributed by atoms with Crippen molar-refractivity contribution in [1.82, 2.24) is 30.2 Å². The highest BCUT2D eigenvalue weighted by molar-refractivity contribution is 7.98. The molecule has 0 atom stereocenters. The summed E-state index contributed by atoms with van der Waals surface area (Å²) in [6.45, 7) is 1.47. The van der Waals surface area contributed by atoms with Crippen LogP contribution in [0.3, 0.4) is 0 Å². The maximum Gasteiger partial charge on any atom is 0.221 e. The molecule has 0 aliphatic heterocycles. The third-order valence-electron chi connectivity index (χ3n) is 5.32. The molecule has 1 amide bonds. The molecule has 1 aliphatic rings. The monoisotopic (exact) mass is 466 g/mol. The summed E-state index contributed by atoms with van der Waals surface area (Å²) in [5.41, 5.74) is 9.15. The van der Waals surface area contributed by atoms with Gasteiger partial charge in [0.1, 0.15) is 16.5 Å². The van der Waals surface area contributed by atoms with Gasteiger partial charge in [0.15, 0.2) is 0 Å². The maximum absolute atomic E-state index is 11.4. The van der Waals surface area contributed by atoms with Crippen LogP contribution >= 0.6 is 23.1 Å². The zero-order valence-electron chi connectivity index (χ0n) is 17.5. The number of aryl methyl sites for hydroxylation is 2. The van der Waals surface area contributed by atoms with E-state index in [9.17, 15) is 4.79 Å². The lowest BCUT2D eigenvalue weighted by atomic mass is 10.1. The number of thiophene rings is 1. The highest BCUT2D eigenvalue weighted by Crippen LogP contribution is 2.37. The van der Waals surface area contributed by atoms with Gasteiger partial charge in [-0.25, -0.2) is 9.97 Å². The van der Waals surface area contributed by atoms with E-state index in [1.54, 1.807) is 16.0 Å². The Morgan fingerprint density at radius 3 is 3.00 bits per heavy atom. The molecule has 0 unspecified atom stereocenters. The van der Waals surface area contributed by atoms with Gasteiger partial charge < -0.3 is 11.1 Å². The standard InChI is InChI=1S/C21H22N8OS2/c1-12(30)23-13-6-5-7-14(10-13)29-21(26-27-28-29)31-11-17-24-19(22)18-15-8-3-2-4-9-16(15)32-20(18)25-17/h5-7,10H,2-4,8-9,11H2,1H3,(H,23,30)(H2,22,24,25). The number of hydrogen-bond acceptors (Lipinski definition) is 9. The fraction of sp³-hybridized carbons (Fsp3) is 0.333. The van der Waals surface area contributed by atoms with E-state index in [1.807, 2.05) is 24.3 Å². The molecule has 4 aromatic rings. The molecule has 3 aromatic heterocycles. The first kappa shape index (κ1) is 20.8. The largest absolute Gasteiger partial charge is 0.383 e. The number of carbonyl (C=O) groups excluding carboxylic acids is 1. The number of tetrazole rings is 1. The number of carbonyl (C=O) groups is 1. The number of nitrogen functional groups attached to an aromatic ring is 1. The molecule has 1 aromatic carbocycles. The van der Waals surface area contributed by atoms with Crippen molar-refractivity contribution in [3.05, 3.63) is 40.5 Å². The molecular formula is C21H22N8OS2. The fourth-order valence-corrected chi connectivity index (χ4v) is 5.99. The smallest absolute Gasteiger partial charge is 0.221 e. The van der Waals surface area contributed by atoms with E-state index in [4.69, 9.17) is 10.7 Å². The minimum Gasteiger partial charge on any atom is -0.383 e. The lowest BCUT2D eigenvalue weighted by Crippen LogP contribution is -2.07. The Kier molecular flexibility index (Phi) is 5.75. The van der Waals surface area contributed by atoms with Crippen molar-refractivity contribution in [3.63, 3.8) is 0 Å². The minimum absolute atomic E-state index is 0.135. The lowest BCUT2D eigenvalue weighted by molar-refractivity contribution is -0.114. The van der Waals surface area contributed by atoms with Gasteiger partial charge in [0, 0.05) is 17.5 Å². The van der Waals surface area contributed by atoms with Gasteiger partial charge in [-0.05, 0) is 59.9 Å². The Morgan fingerprint density at radius 2 is 2.12 bits per heavy atom. The number of benzene rings is 1. The molecule has 11 heteroatoms. The first-order chi connectivity index (χ1) is 15.6. The number of rotatable bonds is 5. The van der Waals surface area contributed by atoms with Gasteiger partial charge in [0.25, 0.3) is 0 Å². The molecule has 0 spiro atoms. The first-order valence-electron chi connectivity index (χ1n) is 10.4. The number of thioether (sulfide) groups is 1. The average molecular weight is 467 g/mol. The summed E-state index contributed by atoms with van der Waals surface area (Å²) < 4.78 is 1.63. The van der Waals surface area contributed by atoms with Crippen LogP contribution in [0.1, 0.15) is 42.5 Å². The molecule has 5 rings (SSSR count). The van der Waals surface area contributed by atoms with Crippen LogP contribution in [-0.4, -0.2) is 36.1 Å². The van der Waals surface area contributed by atoms with Crippen LogP contribution in [0.5, 0.6) is 0 Å². The second kappa shape index (κ2) is 8.83. The number of fused-ring (bicyclic) bond motifs is 3. The van der Waals surface area contributed by atoms with Crippen LogP contribution in [-0.2, 0) is 23.4 Å². The van der Waals surface area contributed by atoms with Crippen LogP contribution in [0.25, 0.3) is 15.9 Å². The normalized spacial score (nSPS) is 13.7. The van der Waals surface area contributed by atoms with Crippen LogP contribution in [0.4, 0.5) is 11.5 Å². The van der Waals surface area contributed by atoms with Crippen molar-refractivity contribution >= 4 is 50.7 Å². The predicted octanol–water partition coefficient (Wildman–Crippen LogP) is 3.77. The third kappa shape index (κ3) is 4.17. The van der Waals surface area contributed by atoms with Crippen LogP contribution in [0.2, 0.25) is 0 Å². The highest BCUT2D eigenvalue weighted by Gasteiger charge is 2.20. The topological polar surface area (TPSA) is 124 Å². The van der Waals surface area contributed by atoms with Crippen molar-refractivity contribution in [2.24, 2.45) is 0 Å². The molecule has 0 saturated heterocycles. The zero-order valence-corrected chi connectivity index (χ0v) is 19.2. The van der Waals surface area contributed by atoms with Crippen molar-refractivity contribution in [1.29, 1.82) is 0 Å². The quantitative estimate of drug-likeness (QED) is 0.336. The SMILES string of the molecule is CC(=O)Nc1cccc(-n2nnnc2SCc2nc(N)c3c4c(sc3n2)CCCCC4)c1. The van der Waals surface area contributed by atoms with Gasteiger partial charge in [-0.3, -0.25) is 4.79 Å². The molecule has 3 heterocycles. The summed E-state index contributed by atoms with van der Waals surface area (Å²) in [5, 5.41) is 16.5. The van der Waals surface area contributed by atoms with Crippen LogP contribution < -0.4 is 11.1 Å². The summed E-state index contributed by atoms with van der Waals surface area (Å²) in [7, 11) is 0. The van der Waals surface area contributed by atoms with Gasteiger partial charge in [0.05, 0.1) is 16.8 Å². The number of nitrogens with zero attached hydrogens (tertiary/aromatic N) is 6. The molecule has 0 fully saturated rings. The van der Waals surface area contributed by atoms with Crippen molar-refractivity contribution in [2.45, 2.75) is 49.9 Å². The van der Waals surface area contributed by atoms with Crippen LogP contribution in [0, 0.1) is 0 Å². The van der Waals surface area contributed by atoms with Gasteiger partial charge >= 0.3 is 0 Å². The molecule has 0 saturated carbocycles. The Morgan fingerprint density at radius 1 is 1.25 bits per heavy atom. The summed E-state index contributed by atoms with van der Waals surface area (Å²) >= 11 is 3.19. The number of hydrogen-bond donors (Lipinski definition) is 2. The Bertz CT molecular complexity index is 1300. The minimum atomic E-state index is -0.135. The van der Waals surface area contributed by atoms with Gasteiger partial charge in [-0.1, -0.05) is 24.2 Å². The summed E-state index contributed by atoms with van der Waals surface area (Å²) in [6, 6.07) is 7.36. The maximum atomic E-state index is 11.4. The number of amides is 1. The van der Waals surface area contributed by atoms with E-state index in [0.717, 1.165) is 28.7 Å². The van der Waals surface area contributed by atoms with E-state index in [0.29, 0.717) is 28.2 Å². The Labute approximate surface area is 192 Å². The molecule has 3 N–H and O–H groups in total. The molecule has 9 nitrogen and oxygen atoms in total. The molecule has 0 radical (unpaired) electrons. The van der Waals surface area contributed by atoms with Crippen LogP contribution in [0.15, 0.2) is 29.4 Å². The van der Waals surface area contributed by atoms with E-state index in [1.165, 1.54) is 48.4 Å². The average Bonchev–Trinajstić information content (AvgIpc) is 3.30.